The van der Waals surface area contributed by atoms with Crippen LogP contribution in [-0.4, -0.2) is 48.1 Å². The Bertz CT molecular complexity index is 108. The Morgan fingerprint density at radius 1 is 0.643 bits per heavy atom. The molecule has 0 bridgehead atoms. The van der Waals surface area contributed by atoms with Crippen LogP contribution in [0.1, 0.15) is 41.5 Å². The van der Waals surface area contributed by atoms with Gasteiger partial charge in [0.2, 0.25) is 0 Å². The van der Waals surface area contributed by atoms with Crippen LogP contribution in [0.3, 0.4) is 0 Å². The Kier molecular flexibility index (Phi) is 7.20. The average Bonchev–Trinajstić information content (AvgIpc) is 2.21. The summed E-state index contributed by atoms with van der Waals surface area (Å²) in [6.07, 6.45) is 0. The van der Waals surface area contributed by atoms with Gasteiger partial charge in [-0.3, -0.25) is 9.80 Å². The van der Waals surface area contributed by atoms with E-state index in [0.29, 0.717) is 0 Å². The molecule has 0 N–H and O–H groups in total. The summed E-state index contributed by atoms with van der Waals surface area (Å²) in [5, 5.41) is 0. The lowest BCUT2D eigenvalue weighted by Gasteiger charge is -2.38. The van der Waals surface area contributed by atoms with Crippen molar-refractivity contribution in [2.24, 2.45) is 0 Å². The summed E-state index contributed by atoms with van der Waals surface area (Å²) in [6, 6.07) is 1.44. The van der Waals surface area contributed by atoms with Gasteiger partial charge in [-0.1, -0.05) is 13.8 Å². The Morgan fingerprint density at radius 2 is 0.857 bits per heavy atom. The molecular formula is C12H28N2. The van der Waals surface area contributed by atoms with Gasteiger partial charge in [-0.25, -0.2) is 0 Å². The van der Waals surface area contributed by atoms with E-state index in [9.17, 15) is 0 Å². The zero-order chi connectivity index (χ0) is 11.1. The maximum Gasteiger partial charge on any atom is 0.0113 e. The monoisotopic (exact) mass is 200 g/mol. The molecule has 1 aliphatic heterocycles. The van der Waals surface area contributed by atoms with E-state index in [1.165, 1.54) is 26.2 Å². The van der Waals surface area contributed by atoms with Crippen molar-refractivity contribution >= 4 is 0 Å². The van der Waals surface area contributed by atoms with E-state index < -0.39 is 0 Å². The van der Waals surface area contributed by atoms with Crippen LogP contribution < -0.4 is 0 Å². The van der Waals surface area contributed by atoms with Crippen LogP contribution in [0, 0.1) is 0 Å². The zero-order valence-electron chi connectivity index (χ0n) is 10.9. The van der Waals surface area contributed by atoms with Crippen molar-refractivity contribution in [3.8, 4) is 0 Å². The lowest BCUT2D eigenvalue weighted by molar-refractivity contribution is 0.0887. The van der Waals surface area contributed by atoms with Gasteiger partial charge < -0.3 is 0 Å². The van der Waals surface area contributed by atoms with Crippen molar-refractivity contribution in [3.63, 3.8) is 0 Å². The van der Waals surface area contributed by atoms with Gasteiger partial charge in [0, 0.05) is 38.3 Å². The minimum Gasteiger partial charge on any atom is -0.298 e. The fourth-order valence-electron chi connectivity index (χ4n) is 1.77. The molecule has 86 valence electrons. The summed E-state index contributed by atoms with van der Waals surface area (Å²) < 4.78 is 0. The van der Waals surface area contributed by atoms with E-state index in [0.717, 1.165) is 12.1 Å². The summed E-state index contributed by atoms with van der Waals surface area (Å²) in [5.41, 5.74) is 0. The standard InChI is InChI=1S/C10H22N2.C2H6/c1-9(2)11-5-7-12(8-6-11)10(3)4;1-2/h9-10H,5-8H2,1-4H3;1-2H3. The number of piperazine rings is 1. The highest BCUT2D eigenvalue weighted by molar-refractivity contribution is 4.75. The zero-order valence-corrected chi connectivity index (χ0v) is 10.9. The Morgan fingerprint density at radius 3 is 1.00 bits per heavy atom. The molecule has 0 spiro atoms. The van der Waals surface area contributed by atoms with E-state index in [1.807, 2.05) is 13.8 Å². The first kappa shape index (κ1) is 13.9. The molecule has 0 unspecified atom stereocenters. The third-order valence-corrected chi connectivity index (χ3v) is 2.81. The van der Waals surface area contributed by atoms with Gasteiger partial charge >= 0.3 is 0 Å². The molecule has 0 radical (unpaired) electrons. The van der Waals surface area contributed by atoms with Crippen LogP contribution >= 0.6 is 0 Å². The Hall–Kier alpha value is -0.0800. The highest BCUT2D eigenvalue weighted by Gasteiger charge is 2.19. The highest BCUT2D eigenvalue weighted by atomic mass is 15.3. The lowest BCUT2D eigenvalue weighted by atomic mass is 10.2. The van der Waals surface area contributed by atoms with E-state index in [-0.39, 0.29) is 0 Å². The summed E-state index contributed by atoms with van der Waals surface area (Å²) >= 11 is 0. The van der Waals surface area contributed by atoms with Gasteiger partial charge in [0.15, 0.2) is 0 Å². The predicted octanol–water partition coefficient (Wildman–Crippen LogP) is 2.45. The third-order valence-electron chi connectivity index (χ3n) is 2.81. The van der Waals surface area contributed by atoms with Crippen LogP contribution in [0.15, 0.2) is 0 Å². The number of hydrogen-bond acceptors (Lipinski definition) is 2. The molecule has 0 atom stereocenters. The second-order valence-corrected chi connectivity index (χ2v) is 4.26. The van der Waals surface area contributed by atoms with Crippen LogP contribution in [-0.2, 0) is 0 Å². The molecule has 0 aromatic carbocycles. The summed E-state index contributed by atoms with van der Waals surface area (Å²) in [6.45, 7) is 18.1. The first-order chi connectivity index (χ1) is 6.61. The maximum absolute atomic E-state index is 2.55. The molecule has 0 aromatic heterocycles. The first-order valence-electron chi connectivity index (χ1n) is 6.09. The molecule has 1 saturated heterocycles. The van der Waals surface area contributed by atoms with Gasteiger partial charge in [0.1, 0.15) is 0 Å². The van der Waals surface area contributed by atoms with Gasteiger partial charge in [-0.05, 0) is 27.7 Å². The number of nitrogens with zero attached hydrogens (tertiary/aromatic N) is 2. The van der Waals surface area contributed by atoms with Gasteiger partial charge in [0.25, 0.3) is 0 Å². The molecule has 1 rings (SSSR count). The minimum absolute atomic E-state index is 0.722. The lowest BCUT2D eigenvalue weighted by Crippen LogP contribution is -2.50. The van der Waals surface area contributed by atoms with E-state index in [2.05, 4.69) is 37.5 Å². The van der Waals surface area contributed by atoms with Crippen LogP contribution in [0.25, 0.3) is 0 Å². The fourth-order valence-corrected chi connectivity index (χ4v) is 1.77. The molecule has 1 heterocycles. The van der Waals surface area contributed by atoms with E-state index in [1.54, 1.807) is 0 Å². The molecule has 2 nitrogen and oxygen atoms in total. The minimum atomic E-state index is 0.722. The normalized spacial score (nSPS) is 19.7. The van der Waals surface area contributed by atoms with Crippen molar-refractivity contribution in [1.29, 1.82) is 0 Å². The third kappa shape index (κ3) is 4.43. The van der Waals surface area contributed by atoms with Crippen molar-refractivity contribution in [3.05, 3.63) is 0 Å². The van der Waals surface area contributed by atoms with Crippen LogP contribution in [0.4, 0.5) is 0 Å². The molecule has 1 aliphatic rings. The number of hydrogen-bond donors (Lipinski definition) is 0. The largest absolute Gasteiger partial charge is 0.298 e. The molecule has 0 amide bonds. The summed E-state index contributed by atoms with van der Waals surface area (Å²) in [7, 11) is 0. The molecule has 2 heteroatoms. The molecule has 14 heavy (non-hydrogen) atoms. The van der Waals surface area contributed by atoms with Gasteiger partial charge in [-0.2, -0.15) is 0 Å². The smallest absolute Gasteiger partial charge is 0.0113 e. The average molecular weight is 200 g/mol. The highest BCUT2D eigenvalue weighted by Crippen LogP contribution is 2.07. The number of rotatable bonds is 2. The SMILES string of the molecule is CC.CC(C)N1CCN(C(C)C)CC1. The summed E-state index contributed by atoms with van der Waals surface area (Å²) in [5.74, 6) is 0. The van der Waals surface area contributed by atoms with E-state index >= 15 is 0 Å². The van der Waals surface area contributed by atoms with Crippen molar-refractivity contribution < 1.29 is 0 Å². The van der Waals surface area contributed by atoms with Gasteiger partial charge in [0.05, 0.1) is 0 Å². The molecule has 0 aliphatic carbocycles. The van der Waals surface area contributed by atoms with Gasteiger partial charge in [-0.15, -0.1) is 0 Å². The van der Waals surface area contributed by atoms with Crippen LogP contribution in [0.5, 0.6) is 0 Å². The maximum atomic E-state index is 2.55. The predicted molar refractivity (Wildman–Crippen MR) is 64.8 cm³/mol. The van der Waals surface area contributed by atoms with Crippen LogP contribution in [0.2, 0.25) is 0 Å². The quantitative estimate of drug-likeness (QED) is 0.675. The Labute approximate surface area is 90.3 Å². The topological polar surface area (TPSA) is 6.48 Å². The van der Waals surface area contributed by atoms with Crippen molar-refractivity contribution in [2.45, 2.75) is 53.6 Å². The summed E-state index contributed by atoms with van der Waals surface area (Å²) in [4.78, 5) is 5.11. The second-order valence-electron chi connectivity index (χ2n) is 4.26. The molecule has 0 aromatic rings. The Balaban J connectivity index is 0.000000791. The molecule has 0 saturated carbocycles. The fraction of sp³-hybridized carbons (Fsp3) is 1.00. The first-order valence-corrected chi connectivity index (χ1v) is 6.09. The molecule has 1 fully saturated rings. The van der Waals surface area contributed by atoms with Crippen molar-refractivity contribution in [1.82, 2.24) is 9.80 Å². The van der Waals surface area contributed by atoms with Crippen molar-refractivity contribution in [2.75, 3.05) is 26.2 Å². The second kappa shape index (κ2) is 7.24. The van der Waals surface area contributed by atoms with E-state index in [4.69, 9.17) is 0 Å². The molecular weight excluding hydrogens is 172 g/mol.